The van der Waals surface area contributed by atoms with Gasteiger partial charge in [0, 0.05) is 11.8 Å². The Bertz CT molecular complexity index is 640. The molecule has 0 bridgehead atoms. The maximum absolute atomic E-state index is 6.27. The van der Waals surface area contributed by atoms with Crippen molar-refractivity contribution in [2.75, 3.05) is 0 Å². The van der Waals surface area contributed by atoms with Crippen molar-refractivity contribution in [1.82, 2.24) is 0 Å². The summed E-state index contributed by atoms with van der Waals surface area (Å²) in [6.45, 7) is 13.1. The summed E-state index contributed by atoms with van der Waals surface area (Å²) in [5.74, 6) is 1.07. The molecule has 0 amide bonds. The van der Waals surface area contributed by atoms with Crippen molar-refractivity contribution in [2.45, 2.75) is 53.3 Å². The van der Waals surface area contributed by atoms with Gasteiger partial charge in [0.1, 0.15) is 0 Å². The van der Waals surface area contributed by atoms with E-state index < -0.39 is 0 Å². The van der Waals surface area contributed by atoms with Gasteiger partial charge in [0.25, 0.3) is 0 Å². The van der Waals surface area contributed by atoms with Crippen LogP contribution in [0.5, 0.6) is 0 Å². The number of hydrogen-bond donors (Lipinski definition) is 0. The summed E-state index contributed by atoms with van der Waals surface area (Å²) in [7, 11) is 0. The van der Waals surface area contributed by atoms with Crippen LogP contribution in [0.4, 0.5) is 0 Å². The van der Waals surface area contributed by atoms with Crippen molar-refractivity contribution < 1.29 is 0 Å². The average molecular weight is 309 g/mol. The highest BCUT2D eigenvalue weighted by Crippen LogP contribution is 2.38. The minimum absolute atomic E-state index is 0.537. The second-order valence-electron chi connectivity index (χ2n) is 5.72. The Morgan fingerprint density at radius 1 is 0.500 bits per heavy atom. The normalized spacial score (nSPS) is 11.4. The fourth-order valence-electron chi connectivity index (χ4n) is 3.24. The highest BCUT2D eigenvalue weighted by atomic mass is 35.5. The molecule has 0 unspecified atom stereocenters. The van der Waals surface area contributed by atoms with Crippen LogP contribution in [0.1, 0.15) is 44.5 Å². The number of rotatable bonds is 2. The van der Waals surface area contributed by atoms with E-state index in [-0.39, 0.29) is 0 Å². The molecule has 2 aromatic rings. The zero-order valence-electron chi connectivity index (χ0n) is 13.2. The number of alkyl halides is 2. The lowest BCUT2D eigenvalue weighted by Crippen LogP contribution is -2.04. The summed E-state index contributed by atoms with van der Waals surface area (Å²) >= 11 is 12.5. The summed E-state index contributed by atoms with van der Waals surface area (Å²) in [6.07, 6.45) is 0. The average Bonchev–Trinajstić information content (AvgIpc) is 2.43. The summed E-state index contributed by atoms with van der Waals surface area (Å²) in [5.41, 5.74) is 10.5. The van der Waals surface area contributed by atoms with Crippen molar-refractivity contribution in [1.29, 1.82) is 0 Å². The zero-order chi connectivity index (χ0) is 15.2. The second-order valence-corrected chi connectivity index (χ2v) is 6.26. The van der Waals surface area contributed by atoms with Crippen LogP contribution in [0.2, 0.25) is 0 Å². The SMILES string of the molecule is Cc1c(C)c(CCl)c2c(CCl)c(C)c(C)c(C)c2c1C. The molecule has 0 heterocycles. The van der Waals surface area contributed by atoms with E-state index in [4.69, 9.17) is 23.2 Å². The van der Waals surface area contributed by atoms with Gasteiger partial charge in [-0.05, 0) is 96.8 Å². The third kappa shape index (κ3) is 2.05. The fourth-order valence-corrected chi connectivity index (χ4v) is 3.91. The quantitative estimate of drug-likeness (QED) is 0.582. The first-order valence-corrected chi connectivity index (χ1v) is 8.06. The van der Waals surface area contributed by atoms with Gasteiger partial charge in [-0.15, -0.1) is 23.2 Å². The summed E-state index contributed by atoms with van der Waals surface area (Å²) in [4.78, 5) is 0. The maximum atomic E-state index is 6.27. The molecule has 2 aromatic carbocycles. The number of hydrogen-bond acceptors (Lipinski definition) is 0. The number of fused-ring (bicyclic) bond motifs is 1. The Hall–Kier alpha value is -0.720. The molecule has 0 aromatic heterocycles. The van der Waals surface area contributed by atoms with Crippen LogP contribution in [0, 0.1) is 41.5 Å². The van der Waals surface area contributed by atoms with Gasteiger partial charge in [0.05, 0.1) is 0 Å². The van der Waals surface area contributed by atoms with Gasteiger partial charge in [0.2, 0.25) is 0 Å². The van der Waals surface area contributed by atoms with Gasteiger partial charge < -0.3 is 0 Å². The Kier molecular flexibility index (Phi) is 4.37. The third-order valence-electron chi connectivity index (χ3n) is 5.03. The van der Waals surface area contributed by atoms with Crippen molar-refractivity contribution >= 4 is 34.0 Å². The van der Waals surface area contributed by atoms with E-state index in [9.17, 15) is 0 Å². The van der Waals surface area contributed by atoms with E-state index in [0.717, 1.165) is 0 Å². The predicted molar refractivity (Wildman–Crippen MR) is 91.5 cm³/mol. The third-order valence-corrected chi connectivity index (χ3v) is 5.56. The van der Waals surface area contributed by atoms with Gasteiger partial charge in [0.15, 0.2) is 0 Å². The highest BCUT2D eigenvalue weighted by molar-refractivity contribution is 6.20. The molecule has 0 saturated heterocycles. The molecule has 0 radical (unpaired) electrons. The molecule has 0 atom stereocenters. The Balaban J connectivity index is 3.21. The van der Waals surface area contributed by atoms with Gasteiger partial charge in [-0.1, -0.05) is 0 Å². The molecule has 0 aliphatic carbocycles. The molecule has 0 aliphatic heterocycles. The molecule has 0 aliphatic rings. The first-order chi connectivity index (χ1) is 9.36. The van der Waals surface area contributed by atoms with Crippen molar-refractivity contribution in [2.24, 2.45) is 0 Å². The van der Waals surface area contributed by atoms with Crippen molar-refractivity contribution in [3.05, 3.63) is 44.5 Å². The van der Waals surface area contributed by atoms with Gasteiger partial charge >= 0.3 is 0 Å². The smallest absolute Gasteiger partial charge is 0.0483 e. The monoisotopic (exact) mass is 308 g/mol. The molecule has 108 valence electrons. The highest BCUT2D eigenvalue weighted by Gasteiger charge is 2.19. The van der Waals surface area contributed by atoms with Gasteiger partial charge in [-0.25, -0.2) is 0 Å². The van der Waals surface area contributed by atoms with Gasteiger partial charge in [-0.2, -0.15) is 0 Å². The van der Waals surface area contributed by atoms with E-state index in [1.54, 1.807) is 0 Å². The fraction of sp³-hybridized carbons (Fsp3) is 0.444. The van der Waals surface area contributed by atoms with Crippen LogP contribution in [0.25, 0.3) is 10.8 Å². The molecule has 0 saturated carbocycles. The van der Waals surface area contributed by atoms with Crippen LogP contribution < -0.4 is 0 Å². The van der Waals surface area contributed by atoms with E-state index in [0.29, 0.717) is 11.8 Å². The number of aryl methyl sites for hydroxylation is 2. The van der Waals surface area contributed by atoms with Crippen molar-refractivity contribution in [3.8, 4) is 0 Å². The Labute approximate surface area is 132 Å². The molecule has 0 spiro atoms. The lowest BCUT2D eigenvalue weighted by molar-refractivity contribution is 1.18. The van der Waals surface area contributed by atoms with Crippen LogP contribution in [0.15, 0.2) is 0 Å². The molecule has 2 heteroatoms. The predicted octanol–water partition coefficient (Wildman–Crippen LogP) is 6.17. The zero-order valence-corrected chi connectivity index (χ0v) is 14.7. The minimum atomic E-state index is 0.537. The lowest BCUT2D eigenvalue weighted by Gasteiger charge is -2.22. The summed E-state index contributed by atoms with van der Waals surface area (Å²) in [5, 5.41) is 2.64. The van der Waals surface area contributed by atoms with Crippen LogP contribution >= 0.6 is 23.2 Å². The topological polar surface area (TPSA) is 0 Å². The first-order valence-electron chi connectivity index (χ1n) is 6.99. The molecular formula is C18H22Cl2. The Morgan fingerprint density at radius 3 is 1.15 bits per heavy atom. The molecule has 0 N–H and O–H groups in total. The lowest BCUT2D eigenvalue weighted by atomic mass is 9.83. The van der Waals surface area contributed by atoms with E-state index in [1.807, 2.05) is 0 Å². The molecule has 2 rings (SSSR count). The molecule has 20 heavy (non-hydrogen) atoms. The van der Waals surface area contributed by atoms with Crippen LogP contribution in [-0.2, 0) is 11.8 Å². The van der Waals surface area contributed by atoms with Crippen molar-refractivity contribution in [3.63, 3.8) is 0 Å². The number of halogens is 2. The summed E-state index contributed by atoms with van der Waals surface area (Å²) in [6, 6.07) is 0. The first kappa shape index (κ1) is 15.7. The van der Waals surface area contributed by atoms with E-state index >= 15 is 0 Å². The molecular weight excluding hydrogens is 287 g/mol. The van der Waals surface area contributed by atoms with E-state index in [2.05, 4.69) is 41.5 Å². The maximum Gasteiger partial charge on any atom is 0.0483 e. The standard InChI is InChI=1S/C18H22Cl2/c1-9-11(3)15(7-19)18-16(8-20)12(4)10(2)14(6)17(18)13(9)5/h7-8H2,1-6H3. The van der Waals surface area contributed by atoms with Crippen LogP contribution in [-0.4, -0.2) is 0 Å². The summed E-state index contributed by atoms with van der Waals surface area (Å²) < 4.78 is 0. The molecule has 0 fully saturated rings. The largest absolute Gasteiger partial charge is 0.122 e. The van der Waals surface area contributed by atoms with Crippen LogP contribution in [0.3, 0.4) is 0 Å². The van der Waals surface area contributed by atoms with Gasteiger partial charge in [-0.3, -0.25) is 0 Å². The second kappa shape index (κ2) is 5.58. The molecule has 0 nitrogen and oxygen atoms in total. The Morgan fingerprint density at radius 2 is 0.850 bits per heavy atom. The number of benzene rings is 2. The minimum Gasteiger partial charge on any atom is -0.122 e. The van der Waals surface area contributed by atoms with E-state index in [1.165, 1.54) is 55.3 Å².